The zero-order valence-electron chi connectivity index (χ0n) is 9.47. The summed E-state index contributed by atoms with van der Waals surface area (Å²) in [6.07, 6.45) is 6.96. The molecule has 0 aliphatic heterocycles. The van der Waals surface area contributed by atoms with E-state index in [2.05, 4.69) is 19.2 Å². The largest absolute Gasteiger partial charge is 0.389 e. The number of hydrogen-bond acceptors (Lipinski definition) is 2. The zero-order chi connectivity index (χ0) is 10.2. The van der Waals surface area contributed by atoms with Crippen LogP contribution in [0.2, 0.25) is 0 Å². The van der Waals surface area contributed by atoms with Crippen molar-refractivity contribution in [1.82, 2.24) is 5.32 Å². The Bertz CT molecular complexity index is 206. The van der Waals surface area contributed by atoms with Crippen LogP contribution in [0.5, 0.6) is 0 Å². The van der Waals surface area contributed by atoms with Gasteiger partial charge in [-0.2, -0.15) is 0 Å². The molecule has 2 heteroatoms. The van der Waals surface area contributed by atoms with Crippen molar-refractivity contribution >= 4 is 0 Å². The lowest BCUT2D eigenvalue weighted by Crippen LogP contribution is -2.43. The van der Waals surface area contributed by atoms with Crippen LogP contribution >= 0.6 is 0 Å². The number of nitrogens with one attached hydrogen (secondary N) is 1. The minimum absolute atomic E-state index is 0.392. The average Bonchev–Trinajstić information content (AvgIpc) is 2.73. The Balaban J connectivity index is 1.74. The summed E-state index contributed by atoms with van der Waals surface area (Å²) in [7, 11) is 0. The molecule has 2 nitrogen and oxygen atoms in total. The lowest BCUT2D eigenvalue weighted by Gasteiger charge is -2.32. The van der Waals surface area contributed by atoms with E-state index >= 15 is 0 Å². The van der Waals surface area contributed by atoms with E-state index in [-0.39, 0.29) is 0 Å². The monoisotopic (exact) mass is 197 g/mol. The summed E-state index contributed by atoms with van der Waals surface area (Å²) in [5, 5.41) is 13.8. The number of rotatable bonds is 3. The fourth-order valence-electron chi connectivity index (χ4n) is 2.52. The Kier molecular flexibility index (Phi) is 2.61. The summed E-state index contributed by atoms with van der Waals surface area (Å²) >= 11 is 0. The lowest BCUT2D eigenvalue weighted by molar-refractivity contribution is 0.00408. The molecule has 14 heavy (non-hydrogen) atoms. The van der Waals surface area contributed by atoms with Crippen LogP contribution in [-0.4, -0.2) is 23.3 Å². The van der Waals surface area contributed by atoms with Crippen molar-refractivity contribution in [3.63, 3.8) is 0 Å². The van der Waals surface area contributed by atoms with Gasteiger partial charge in [-0.05, 0) is 24.7 Å². The van der Waals surface area contributed by atoms with Crippen LogP contribution in [0, 0.1) is 5.41 Å². The minimum Gasteiger partial charge on any atom is -0.389 e. The molecule has 1 atom stereocenters. The van der Waals surface area contributed by atoms with Gasteiger partial charge in [-0.15, -0.1) is 0 Å². The second kappa shape index (κ2) is 3.49. The summed E-state index contributed by atoms with van der Waals surface area (Å²) < 4.78 is 0. The fraction of sp³-hybridized carbons (Fsp3) is 1.00. The van der Waals surface area contributed by atoms with E-state index in [0.717, 1.165) is 19.4 Å². The third-order valence-corrected chi connectivity index (χ3v) is 3.98. The molecule has 0 aromatic carbocycles. The summed E-state index contributed by atoms with van der Waals surface area (Å²) in [4.78, 5) is 0. The molecule has 0 amide bonds. The Morgan fingerprint density at radius 1 is 1.21 bits per heavy atom. The van der Waals surface area contributed by atoms with Gasteiger partial charge in [-0.3, -0.25) is 0 Å². The molecule has 2 N–H and O–H groups in total. The van der Waals surface area contributed by atoms with Crippen LogP contribution in [0.4, 0.5) is 0 Å². The smallest absolute Gasteiger partial charge is 0.0771 e. The third kappa shape index (κ3) is 2.29. The molecule has 0 radical (unpaired) electrons. The van der Waals surface area contributed by atoms with E-state index in [1.165, 1.54) is 25.7 Å². The molecule has 2 fully saturated rings. The van der Waals surface area contributed by atoms with Gasteiger partial charge in [0.2, 0.25) is 0 Å². The molecule has 2 saturated carbocycles. The maximum Gasteiger partial charge on any atom is 0.0771 e. The molecule has 2 aliphatic rings. The van der Waals surface area contributed by atoms with E-state index in [0.29, 0.717) is 11.5 Å². The van der Waals surface area contributed by atoms with Gasteiger partial charge in [0.25, 0.3) is 0 Å². The number of hydrogen-bond donors (Lipinski definition) is 2. The van der Waals surface area contributed by atoms with Gasteiger partial charge in [-0.25, -0.2) is 0 Å². The van der Waals surface area contributed by atoms with Crippen LogP contribution < -0.4 is 5.32 Å². The molecule has 2 rings (SSSR count). The molecular formula is C12H23NO. The maximum absolute atomic E-state index is 10.3. The lowest BCUT2D eigenvalue weighted by atomic mass is 9.85. The molecule has 0 aromatic heterocycles. The second-order valence-electron chi connectivity index (χ2n) is 5.91. The Labute approximate surface area is 87.1 Å². The molecule has 0 bridgehead atoms. The molecule has 2 aliphatic carbocycles. The SMILES string of the molecule is CC1(C)CC1NCC1(O)CCCCC1. The van der Waals surface area contributed by atoms with E-state index in [9.17, 15) is 5.11 Å². The van der Waals surface area contributed by atoms with Gasteiger partial charge in [0.15, 0.2) is 0 Å². The van der Waals surface area contributed by atoms with E-state index in [1.807, 2.05) is 0 Å². The topological polar surface area (TPSA) is 32.3 Å². The molecule has 82 valence electrons. The van der Waals surface area contributed by atoms with Crippen LogP contribution in [0.25, 0.3) is 0 Å². The van der Waals surface area contributed by atoms with Gasteiger partial charge in [0, 0.05) is 12.6 Å². The average molecular weight is 197 g/mol. The Morgan fingerprint density at radius 3 is 2.29 bits per heavy atom. The molecule has 0 heterocycles. The quantitative estimate of drug-likeness (QED) is 0.726. The van der Waals surface area contributed by atoms with Crippen molar-refractivity contribution in [3.05, 3.63) is 0 Å². The predicted molar refractivity (Wildman–Crippen MR) is 58.2 cm³/mol. The van der Waals surface area contributed by atoms with Crippen molar-refractivity contribution in [2.45, 2.75) is 64.0 Å². The second-order valence-corrected chi connectivity index (χ2v) is 5.91. The van der Waals surface area contributed by atoms with Gasteiger partial charge in [-0.1, -0.05) is 33.1 Å². The van der Waals surface area contributed by atoms with Crippen molar-refractivity contribution in [3.8, 4) is 0 Å². The zero-order valence-corrected chi connectivity index (χ0v) is 9.47. The van der Waals surface area contributed by atoms with E-state index in [4.69, 9.17) is 0 Å². The van der Waals surface area contributed by atoms with Gasteiger partial charge in [0.1, 0.15) is 0 Å². The summed E-state index contributed by atoms with van der Waals surface area (Å²) in [6, 6.07) is 0.647. The molecule has 1 unspecified atom stereocenters. The Hall–Kier alpha value is -0.0800. The Morgan fingerprint density at radius 2 is 1.79 bits per heavy atom. The first-order valence-corrected chi connectivity index (χ1v) is 5.98. The van der Waals surface area contributed by atoms with Crippen molar-refractivity contribution in [2.24, 2.45) is 5.41 Å². The fourth-order valence-corrected chi connectivity index (χ4v) is 2.52. The highest BCUT2D eigenvalue weighted by molar-refractivity contribution is 5.02. The maximum atomic E-state index is 10.3. The summed E-state index contributed by atoms with van der Waals surface area (Å²) in [6.45, 7) is 5.38. The van der Waals surface area contributed by atoms with Crippen molar-refractivity contribution in [2.75, 3.05) is 6.54 Å². The van der Waals surface area contributed by atoms with Crippen molar-refractivity contribution in [1.29, 1.82) is 0 Å². The van der Waals surface area contributed by atoms with E-state index in [1.54, 1.807) is 0 Å². The highest BCUT2D eigenvalue weighted by Gasteiger charge is 2.46. The third-order valence-electron chi connectivity index (χ3n) is 3.98. The normalized spacial score (nSPS) is 34.1. The first-order valence-electron chi connectivity index (χ1n) is 5.98. The highest BCUT2D eigenvalue weighted by Crippen LogP contribution is 2.44. The van der Waals surface area contributed by atoms with E-state index < -0.39 is 5.60 Å². The van der Waals surface area contributed by atoms with Crippen LogP contribution in [0.3, 0.4) is 0 Å². The van der Waals surface area contributed by atoms with Gasteiger partial charge < -0.3 is 10.4 Å². The minimum atomic E-state index is -0.392. The summed E-state index contributed by atoms with van der Waals surface area (Å²) in [5.41, 5.74) is 0.0853. The van der Waals surface area contributed by atoms with Gasteiger partial charge >= 0.3 is 0 Å². The van der Waals surface area contributed by atoms with Crippen LogP contribution in [-0.2, 0) is 0 Å². The van der Waals surface area contributed by atoms with Crippen LogP contribution in [0.1, 0.15) is 52.4 Å². The summed E-state index contributed by atoms with van der Waals surface area (Å²) in [5.74, 6) is 0. The molecule has 0 spiro atoms. The molecule has 0 aromatic rings. The predicted octanol–water partition coefficient (Wildman–Crippen LogP) is 2.07. The number of aliphatic hydroxyl groups is 1. The highest BCUT2D eigenvalue weighted by atomic mass is 16.3. The van der Waals surface area contributed by atoms with Crippen LogP contribution in [0.15, 0.2) is 0 Å². The standard InChI is InChI=1S/C12H23NO/c1-11(2)8-10(11)13-9-12(14)6-4-3-5-7-12/h10,13-14H,3-9H2,1-2H3. The molecular weight excluding hydrogens is 174 g/mol. The molecule has 0 saturated heterocycles. The first kappa shape index (κ1) is 10.4. The first-order chi connectivity index (χ1) is 6.52. The van der Waals surface area contributed by atoms with Gasteiger partial charge in [0.05, 0.1) is 5.60 Å². The van der Waals surface area contributed by atoms with Crippen molar-refractivity contribution < 1.29 is 5.11 Å².